The zero-order valence-corrected chi connectivity index (χ0v) is 10.6. The van der Waals surface area contributed by atoms with E-state index in [0.717, 1.165) is 31.5 Å². The molecule has 0 bridgehead atoms. The molecule has 0 aromatic heterocycles. The first-order valence-electron chi connectivity index (χ1n) is 6.23. The van der Waals surface area contributed by atoms with Crippen molar-refractivity contribution in [2.45, 2.75) is 33.1 Å². The van der Waals surface area contributed by atoms with Crippen molar-refractivity contribution in [3.8, 4) is 5.75 Å². The quantitative estimate of drug-likeness (QED) is 0.823. The average molecular weight is 235 g/mol. The van der Waals surface area contributed by atoms with E-state index in [9.17, 15) is 9.90 Å². The van der Waals surface area contributed by atoms with Gasteiger partial charge in [-0.05, 0) is 31.0 Å². The van der Waals surface area contributed by atoms with E-state index in [0.29, 0.717) is 6.42 Å². The highest BCUT2D eigenvalue weighted by molar-refractivity contribution is 5.78. The van der Waals surface area contributed by atoms with Crippen LogP contribution in [0.2, 0.25) is 0 Å². The van der Waals surface area contributed by atoms with Gasteiger partial charge in [-0.2, -0.15) is 0 Å². The van der Waals surface area contributed by atoms with Crippen LogP contribution in [0.3, 0.4) is 0 Å². The molecule has 0 aliphatic rings. The van der Waals surface area contributed by atoms with Crippen LogP contribution in [0.15, 0.2) is 24.3 Å². The second kappa shape index (κ2) is 6.94. The molecule has 1 N–H and O–H groups in total. The molecule has 0 atom stereocenters. The molecule has 1 amide bonds. The van der Waals surface area contributed by atoms with Crippen LogP contribution >= 0.6 is 0 Å². The van der Waals surface area contributed by atoms with Crippen LogP contribution in [0.4, 0.5) is 0 Å². The summed E-state index contributed by atoms with van der Waals surface area (Å²) in [5.41, 5.74) is 0.866. The lowest BCUT2D eigenvalue weighted by Gasteiger charge is -2.20. The van der Waals surface area contributed by atoms with Crippen LogP contribution in [0.5, 0.6) is 5.75 Å². The largest absolute Gasteiger partial charge is 0.508 e. The van der Waals surface area contributed by atoms with Crippen molar-refractivity contribution in [3.05, 3.63) is 29.8 Å². The molecule has 1 rings (SSSR count). The van der Waals surface area contributed by atoms with Crippen molar-refractivity contribution >= 4 is 5.91 Å². The maximum absolute atomic E-state index is 12.0. The molecule has 0 saturated heterocycles. The Morgan fingerprint density at radius 2 is 2.12 bits per heavy atom. The molecule has 0 aliphatic carbocycles. The Balaban J connectivity index is 2.57. The third-order valence-electron chi connectivity index (χ3n) is 2.78. The first-order valence-corrected chi connectivity index (χ1v) is 6.23. The molecule has 0 saturated carbocycles. The summed E-state index contributed by atoms with van der Waals surface area (Å²) >= 11 is 0. The molecule has 1 aromatic carbocycles. The Morgan fingerprint density at radius 3 is 2.71 bits per heavy atom. The van der Waals surface area contributed by atoms with Crippen LogP contribution < -0.4 is 0 Å². The number of phenols is 1. The van der Waals surface area contributed by atoms with Crippen molar-refractivity contribution in [3.63, 3.8) is 0 Å². The first kappa shape index (κ1) is 13.6. The predicted molar refractivity (Wildman–Crippen MR) is 69.0 cm³/mol. The van der Waals surface area contributed by atoms with E-state index in [1.807, 2.05) is 17.9 Å². The van der Waals surface area contributed by atoms with Crippen molar-refractivity contribution in [1.82, 2.24) is 4.90 Å². The number of likely N-dealkylation sites (N-methyl/N-ethyl adjacent to an activating group) is 1. The van der Waals surface area contributed by atoms with Gasteiger partial charge in [-0.15, -0.1) is 0 Å². The Kier molecular flexibility index (Phi) is 5.53. The fraction of sp³-hybridized carbons (Fsp3) is 0.500. The number of aromatic hydroxyl groups is 1. The highest BCUT2D eigenvalue weighted by atomic mass is 16.3. The van der Waals surface area contributed by atoms with Gasteiger partial charge in [-0.1, -0.05) is 25.5 Å². The fourth-order valence-electron chi connectivity index (χ4n) is 1.76. The molecule has 0 aliphatic heterocycles. The number of nitrogens with zero attached hydrogens (tertiary/aromatic N) is 1. The molecule has 0 heterocycles. The Morgan fingerprint density at radius 1 is 1.35 bits per heavy atom. The number of carbonyl (C=O) groups is 1. The van der Waals surface area contributed by atoms with E-state index in [1.54, 1.807) is 18.2 Å². The lowest BCUT2D eigenvalue weighted by molar-refractivity contribution is -0.130. The molecule has 3 heteroatoms. The van der Waals surface area contributed by atoms with Gasteiger partial charge in [0.25, 0.3) is 0 Å². The summed E-state index contributed by atoms with van der Waals surface area (Å²) in [4.78, 5) is 13.9. The van der Waals surface area contributed by atoms with Gasteiger partial charge in [-0.25, -0.2) is 0 Å². The lowest BCUT2D eigenvalue weighted by Crippen LogP contribution is -2.32. The van der Waals surface area contributed by atoms with Gasteiger partial charge in [0, 0.05) is 13.1 Å². The molecule has 0 unspecified atom stereocenters. The minimum atomic E-state index is 0.131. The van der Waals surface area contributed by atoms with Gasteiger partial charge < -0.3 is 10.0 Å². The van der Waals surface area contributed by atoms with Gasteiger partial charge in [0.1, 0.15) is 5.75 Å². The summed E-state index contributed by atoms with van der Waals surface area (Å²) in [6.07, 6.45) is 2.50. The summed E-state index contributed by atoms with van der Waals surface area (Å²) in [6.45, 7) is 5.69. The van der Waals surface area contributed by atoms with E-state index in [4.69, 9.17) is 0 Å². The van der Waals surface area contributed by atoms with Crippen LogP contribution in [-0.2, 0) is 11.2 Å². The normalized spacial score (nSPS) is 10.2. The Bertz CT molecular complexity index is 363. The third-order valence-corrected chi connectivity index (χ3v) is 2.78. The Hall–Kier alpha value is -1.51. The smallest absolute Gasteiger partial charge is 0.226 e. The molecular formula is C14H21NO2. The van der Waals surface area contributed by atoms with E-state index in [2.05, 4.69) is 6.92 Å². The zero-order valence-electron chi connectivity index (χ0n) is 10.6. The number of amides is 1. The summed E-state index contributed by atoms with van der Waals surface area (Å²) in [7, 11) is 0. The molecule has 17 heavy (non-hydrogen) atoms. The molecule has 3 nitrogen and oxygen atoms in total. The number of phenolic OH excluding ortho intramolecular Hbond substituents is 1. The minimum absolute atomic E-state index is 0.131. The van der Waals surface area contributed by atoms with Crippen LogP contribution in [0, 0.1) is 0 Å². The number of benzene rings is 1. The molecule has 1 aromatic rings. The van der Waals surface area contributed by atoms with Gasteiger partial charge in [0.05, 0.1) is 6.42 Å². The van der Waals surface area contributed by atoms with Crippen molar-refractivity contribution in [1.29, 1.82) is 0 Å². The standard InChI is InChI=1S/C14H21NO2/c1-3-5-9-15(4-2)14(17)11-12-7-6-8-13(16)10-12/h6-8,10,16H,3-5,9,11H2,1-2H3. The molecule has 0 fully saturated rings. The second-order valence-electron chi connectivity index (χ2n) is 4.17. The first-order chi connectivity index (χ1) is 8.17. The average Bonchev–Trinajstić information content (AvgIpc) is 2.30. The van der Waals surface area contributed by atoms with E-state index in [-0.39, 0.29) is 11.7 Å². The van der Waals surface area contributed by atoms with Gasteiger partial charge in [0.15, 0.2) is 0 Å². The molecule has 0 radical (unpaired) electrons. The number of rotatable bonds is 6. The molecule has 0 spiro atoms. The molecular weight excluding hydrogens is 214 g/mol. The van der Waals surface area contributed by atoms with Crippen LogP contribution in [-0.4, -0.2) is 29.0 Å². The van der Waals surface area contributed by atoms with E-state index >= 15 is 0 Å². The number of hydrogen-bond donors (Lipinski definition) is 1. The minimum Gasteiger partial charge on any atom is -0.508 e. The van der Waals surface area contributed by atoms with Gasteiger partial charge in [-0.3, -0.25) is 4.79 Å². The predicted octanol–water partition coefficient (Wildman–Crippen LogP) is 2.58. The number of carbonyl (C=O) groups excluding carboxylic acids is 1. The van der Waals surface area contributed by atoms with Crippen LogP contribution in [0.25, 0.3) is 0 Å². The van der Waals surface area contributed by atoms with Crippen molar-refractivity contribution in [2.24, 2.45) is 0 Å². The summed E-state index contributed by atoms with van der Waals surface area (Å²) in [6, 6.07) is 6.89. The van der Waals surface area contributed by atoms with E-state index in [1.165, 1.54) is 0 Å². The van der Waals surface area contributed by atoms with E-state index < -0.39 is 0 Å². The van der Waals surface area contributed by atoms with Crippen molar-refractivity contribution < 1.29 is 9.90 Å². The zero-order chi connectivity index (χ0) is 12.7. The summed E-state index contributed by atoms with van der Waals surface area (Å²) in [5, 5.41) is 9.34. The summed E-state index contributed by atoms with van der Waals surface area (Å²) in [5.74, 6) is 0.346. The molecule has 94 valence electrons. The topological polar surface area (TPSA) is 40.5 Å². The van der Waals surface area contributed by atoms with Gasteiger partial charge in [0.2, 0.25) is 5.91 Å². The maximum atomic E-state index is 12.0. The second-order valence-corrected chi connectivity index (χ2v) is 4.17. The van der Waals surface area contributed by atoms with Gasteiger partial charge >= 0.3 is 0 Å². The Labute approximate surface area is 103 Å². The number of unbranched alkanes of at least 4 members (excludes halogenated alkanes) is 1. The highest BCUT2D eigenvalue weighted by Gasteiger charge is 2.11. The maximum Gasteiger partial charge on any atom is 0.226 e. The number of hydrogen-bond acceptors (Lipinski definition) is 2. The SMILES string of the molecule is CCCCN(CC)C(=O)Cc1cccc(O)c1. The highest BCUT2D eigenvalue weighted by Crippen LogP contribution is 2.12. The fourth-order valence-corrected chi connectivity index (χ4v) is 1.76. The van der Waals surface area contributed by atoms with Crippen molar-refractivity contribution in [2.75, 3.05) is 13.1 Å². The summed E-state index contributed by atoms with van der Waals surface area (Å²) < 4.78 is 0. The van der Waals surface area contributed by atoms with Crippen LogP contribution in [0.1, 0.15) is 32.3 Å². The lowest BCUT2D eigenvalue weighted by atomic mass is 10.1. The monoisotopic (exact) mass is 235 g/mol. The third kappa shape index (κ3) is 4.47.